The van der Waals surface area contributed by atoms with Gasteiger partial charge in [0, 0.05) is 25.8 Å². The van der Waals surface area contributed by atoms with Crippen LogP contribution < -0.4 is 5.32 Å². The lowest BCUT2D eigenvalue weighted by Crippen LogP contribution is -2.41. The van der Waals surface area contributed by atoms with Crippen molar-refractivity contribution < 1.29 is 9.53 Å². The van der Waals surface area contributed by atoms with Crippen molar-refractivity contribution in [1.29, 1.82) is 0 Å². The highest BCUT2D eigenvalue weighted by Gasteiger charge is 2.18. The normalized spacial score (nSPS) is 14.6. The summed E-state index contributed by atoms with van der Waals surface area (Å²) in [5.74, 6) is 1.33. The first-order valence-electron chi connectivity index (χ1n) is 8.30. The molecule has 25 heavy (non-hydrogen) atoms. The Morgan fingerprint density at radius 3 is 2.68 bits per heavy atom. The highest BCUT2D eigenvalue weighted by atomic mass is 32.2. The Kier molecular flexibility index (Phi) is 5.93. The van der Waals surface area contributed by atoms with Crippen molar-refractivity contribution in [3.8, 4) is 0 Å². The summed E-state index contributed by atoms with van der Waals surface area (Å²) in [7, 11) is 1.92. The molecule has 1 aliphatic rings. The van der Waals surface area contributed by atoms with Gasteiger partial charge in [0.2, 0.25) is 5.91 Å². The predicted molar refractivity (Wildman–Crippen MR) is 97.6 cm³/mol. The van der Waals surface area contributed by atoms with Crippen molar-refractivity contribution >= 4 is 23.4 Å². The summed E-state index contributed by atoms with van der Waals surface area (Å²) in [5.41, 5.74) is 2.28. The molecule has 0 spiro atoms. The molecule has 1 aromatic carbocycles. The zero-order valence-electron chi connectivity index (χ0n) is 14.6. The van der Waals surface area contributed by atoms with Gasteiger partial charge in [-0.15, -0.1) is 10.2 Å². The fourth-order valence-corrected chi connectivity index (χ4v) is 3.34. The number of hydrogen-bond acceptors (Lipinski definition) is 6. The highest BCUT2D eigenvalue weighted by Crippen LogP contribution is 2.17. The lowest BCUT2D eigenvalue weighted by molar-refractivity contribution is -0.132. The average Bonchev–Trinajstić information content (AvgIpc) is 3.00. The molecule has 7 nitrogen and oxygen atoms in total. The van der Waals surface area contributed by atoms with Gasteiger partial charge in [0.15, 0.2) is 11.0 Å². The predicted octanol–water partition coefficient (Wildman–Crippen LogP) is 1.69. The summed E-state index contributed by atoms with van der Waals surface area (Å²) in [5, 5.41) is 12.5. The first-order chi connectivity index (χ1) is 12.1. The number of benzene rings is 1. The zero-order valence-corrected chi connectivity index (χ0v) is 15.4. The average molecular weight is 361 g/mol. The number of nitrogens with one attached hydrogen (secondary N) is 1. The van der Waals surface area contributed by atoms with Crippen LogP contribution in [0, 0.1) is 6.92 Å². The van der Waals surface area contributed by atoms with E-state index in [0.29, 0.717) is 38.6 Å². The van der Waals surface area contributed by atoms with E-state index in [0.717, 1.165) is 16.7 Å². The van der Waals surface area contributed by atoms with Crippen LogP contribution in [0.2, 0.25) is 0 Å². The Morgan fingerprint density at radius 1 is 1.24 bits per heavy atom. The fraction of sp³-hybridized carbons (Fsp3) is 0.471. The second-order valence-corrected chi connectivity index (χ2v) is 6.90. The molecule has 3 rings (SSSR count). The van der Waals surface area contributed by atoms with E-state index in [9.17, 15) is 4.79 Å². The number of aryl methyl sites for hydroxylation is 1. The van der Waals surface area contributed by atoms with E-state index < -0.39 is 0 Å². The summed E-state index contributed by atoms with van der Waals surface area (Å²) in [6.07, 6.45) is 0. The maximum absolute atomic E-state index is 12.2. The molecule has 1 saturated heterocycles. The maximum atomic E-state index is 12.2. The number of amides is 1. The molecule has 0 atom stereocenters. The van der Waals surface area contributed by atoms with Crippen molar-refractivity contribution in [2.75, 3.05) is 37.4 Å². The van der Waals surface area contributed by atoms with Crippen LogP contribution in [0.1, 0.15) is 11.4 Å². The van der Waals surface area contributed by atoms with E-state index in [-0.39, 0.29) is 5.91 Å². The monoisotopic (exact) mass is 361 g/mol. The molecule has 0 radical (unpaired) electrons. The second kappa shape index (κ2) is 8.35. The fourth-order valence-electron chi connectivity index (χ4n) is 2.51. The molecule has 134 valence electrons. The molecule has 1 fully saturated rings. The van der Waals surface area contributed by atoms with Crippen LogP contribution in [0.5, 0.6) is 0 Å². The van der Waals surface area contributed by atoms with E-state index in [4.69, 9.17) is 4.74 Å². The van der Waals surface area contributed by atoms with E-state index >= 15 is 0 Å². The molecule has 1 aromatic heterocycles. The third-order valence-corrected chi connectivity index (χ3v) is 5.12. The Hall–Kier alpha value is -2.06. The van der Waals surface area contributed by atoms with E-state index in [1.807, 2.05) is 28.6 Å². The van der Waals surface area contributed by atoms with Crippen molar-refractivity contribution in [1.82, 2.24) is 19.7 Å². The molecule has 0 bridgehead atoms. The number of ether oxygens (including phenoxy) is 1. The number of nitrogens with zero attached hydrogens (tertiary/aromatic N) is 4. The van der Waals surface area contributed by atoms with Gasteiger partial charge in [-0.1, -0.05) is 29.5 Å². The molecule has 1 aliphatic heterocycles. The Bertz CT molecular complexity index is 710. The van der Waals surface area contributed by atoms with Gasteiger partial charge in [-0.3, -0.25) is 4.79 Å². The van der Waals surface area contributed by atoms with Gasteiger partial charge in [-0.05, 0) is 19.1 Å². The molecule has 1 amide bonds. The summed E-state index contributed by atoms with van der Waals surface area (Å²) in [4.78, 5) is 14.0. The number of rotatable bonds is 6. The van der Waals surface area contributed by atoms with Crippen molar-refractivity contribution in [2.45, 2.75) is 18.6 Å². The number of anilines is 1. The number of aromatic nitrogens is 3. The quantitative estimate of drug-likeness (QED) is 0.790. The molecule has 1 N–H and O–H groups in total. The van der Waals surface area contributed by atoms with E-state index in [2.05, 4.69) is 34.6 Å². The number of thioether (sulfide) groups is 1. The first-order valence-corrected chi connectivity index (χ1v) is 9.29. The lowest BCUT2D eigenvalue weighted by atomic mass is 10.2. The molecule has 0 saturated carbocycles. The van der Waals surface area contributed by atoms with E-state index in [1.165, 1.54) is 17.3 Å². The van der Waals surface area contributed by atoms with Crippen LogP contribution in [0.4, 0.5) is 5.69 Å². The van der Waals surface area contributed by atoms with Gasteiger partial charge in [-0.2, -0.15) is 0 Å². The van der Waals surface area contributed by atoms with Crippen LogP contribution >= 0.6 is 11.8 Å². The van der Waals surface area contributed by atoms with Gasteiger partial charge in [-0.25, -0.2) is 0 Å². The van der Waals surface area contributed by atoms with Gasteiger partial charge in [0.25, 0.3) is 0 Å². The Balaban J connectivity index is 1.51. The maximum Gasteiger partial charge on any atom is 0.233 e. The summed E-state index contributed by atoms with van der Waals surface area (Å²) < 4.78 is 7.20. The SMILES string of the molecule is Cc1ccc(NCc2nnc(SCC(=O)N3CCOCC3)n2C)cc1. The summed E-state index contributed by atoms with van der Waals surface area (Å²) in [6.45, 7) is 5.23. The van der Waals surface area contributed by atoms with Crippen LogP contribution in [-0.4, -0.2) is 57.6 Å². The Morgan fingerprint density at radius 2 is 1.96 bits per heavy atom. The van der Waals surface area contributed by atoms with Crippen molar-refractivity contribution in [3.63, 3.8) is 0 Å². The molecule has 2 heterocycles. The minimum atomic E-state index is 0.121. The summed E-state index contributed by atoms with van der Waals surface area (Å²) in [6, 6.07) is 8.22. The van der Waals surface area contributed by atoms with Crippen LogP contribution in [0.25, 0.3) is 0 Å². The third kappa shape index (κ3) is 4.73. The van der Waals surface area contributed by atoms with Crippen molar-refractivity contribution in [2.24, 2.45) is 7.05 Å². The lowest BCUT2D eigenvalue weighted by Gasteiger charge is -2.26. The summed E-state index contributed by atoms with van der Waals surface area (Å²) >= 11 is 1.42. The number of morpholine rings is 1. The van der Waals surface area contributed by atoms with Crippen molar-refractivity contribution in [3.05, 3.63) is 35.7 Å². The van der Waals surface area contributed by atoms with Gasteiger partial charge in [0.1, 0.15) is 0 Å². The molecule has 2 aromatic rings. The van der Waals surface area contributed by atoms with Gasteiger partial charge >= 0.3 is 0 Å². The number of carbonyl (C=O) groups is 1. The first kappa shape index (κ1) is 17.8. The molecular weight excluding hydrogens is 338 g/mol. The molecule has 0 aliphatic carbocycles. The Labute approximate surface area is 151 Å². The molecule has 8 heteroatoms. The van der Waals surface area contributed by atoms with Crippen LogP contribution in [0.3, 0.4) is 0 Å². The topological polar surface area (TPSA) is 72.3 Å². The smallest absolute Gasteiger partial charge is 0.233 e. The van der Waals surface area contributed by atoms with Crippen LogP contribution in [-0.2, 0) is 23.1 Å². The van der Waals surface area contributed by atoms with Crippen LogP contribution in [0.15, 0.2) is 29.4 Å². The largest absolute Gasteiger partial charge is 0.378 e. The molecular formula is C17H23N5O2S. The zero-order chi connectivity index (χ0) is 17.6. The minimum Gasteiger partial charge on any atom is -0.378 e. The minimum absolute atomic E-state index is 0.121. The van der Waals surface area contributed by atoms with E-state index in [1.54, 1.807) is 0 Å². The number of carbonyl (C=O) groups excluding carboxylic acids is 1. The number of hydrogen-bond donors (Lipinski definition) is 1. The third-order valence-electron chi connectivity index (χ3n) is 4.12. The standard InChI is InChI=1S/C17H23N5O2S/c1-13-3-5-14(6-4-13)18-11-15-19-20-17(21(15)2)25-12-16(23)22-7-9-24-10-8-22/h3-6,18H,7-12H2,1-2H3. The van der Waals surface area contributed by atoms with Gasteiger partial charge < -0.3 is 19.5 Å². The molecule has 0 unspecified atom stereocenters. The van der Waals surface area contributed by atoms with Gasteiger partial charge in [0.05, 0.1) is 25.5 Å². The highest BCUT2D eigenvalue weighted by molar-refractivity contribution is 7.99. The second-order valence-electron chi connectivity index (χ2n) is 5.96.